The summed E-state index contributed by atoms with van der Waals surface area (Å²) >= 11 is 0. The molecule has 1 saturated heterocycles. The monoisotopic (exact) mass is 507 g/mol. The Kier molecular flexibility index (Phi) is 9.05. The number of benzene rings is 1. The molecule has 2 aromatic heterocycles. The number of hydrogen-bond acceptors (Lipinski definition) is 7. The highest BCUT2D eigenvalue weighted by molar-refractivity contribution is 5.78. The predicted molar refractivity (Wildman–Crippen MR) is 138 cm³/mol. The van der Waals surface area contributed by atoms with Crippen molar-refractivity contribution in [1.29, 1.82) is 0 Å². The normalized spacial score (nSPS) is 15.1. The van der Waals surface area contributed by atoms with Crippen LogP contribution in [0.1, 0.15) is 43.4 Å². The summed E-state index contributed by atoms with van der Waals surface area (Å²) in [6.45, 7) is 11.2. The van der Waals surface area contributed by atoms with E-state index in [0.717, 1.165) is 24.5 Å². The van der Waals surface area contributed by atoms with E-state index in [1.807, 2.05) is 71.7 Å². The van der Waals surface area contributed by atoms with Crippen LogP contribution in [-0.4, -0.2) is 78.9 Å². The summed E-state index contributed by atoms with van der Waals surface area (Å²) in [7, 11) is 0. The molecule has 0 radical (unpaired) electrons. The van der Waals surface area contributed by atoms with Gasteiger partial charge in [0.1, 0.15) is 5.82 Å². The lowest BCUT2D eigenvalue weighted by Gasteiger charge is -2.35. The Bertz CT molecular complexity index is 1150. The number of carbonyl (C=O) groups is 2. The maximum Gasteiger partial charge on any atom is 0.227 e. The molecule has 0 bridgehead atoms. The molecular formula is C27H37N7O3. The van der Waals surface area contributed by atoms with E-state index < -0.39 is 0 Å². The fraction of sp³-hybridized carbons (Fsp3) is 0.519. The molecule has 0 spiro atoms. The molecule has 1 atom stereocenters. The fourth-order valence-electron chi connectivity index (χ4n) is 4.62. The molecule has 2 amide bonds. The number of carbonyl (C=O) groups excluding carboxylic acids is 2. The Balaban J connectivity index is 1.19. The summed E-state index contributed by atoms with van der Waals surface area (Å²) < 4.78 is 7.43. The van der Waals surface area contributed by atoms with E-state index in [2.05, 4.69) is 20.0 Å². The molecule has 0 aliphatic carbocycles. The summed E-state index contributed by atoms with van der Waals surface area (Å²) in [4.78, 5) is 40.4. The SMILES string of the molecule is CCN(Cc1ccccc1)C(=O)CCc1nc(CN2CCN(C(=O)C(C)Cn3ccnc3C)CC2)no1. The summed E-state index contributed by atoms with van der Waals surface area (Å²) in [5.74, 6) is 2.16. The van der Waals surface area contributed by atoms with Gasteiger partial charge in [0.25, 0.3) is 0 Å². The summed E-state index contributed by atoms with van der Waals surface area (Å²) in [6, 6.07) is 9.99. The van der Waals surface area contributed by atoms with Crippen molar-refractivity contribution >= 4 is 11.8 Å². The minimum atomic E-state index is -0.0988. The van der Waals surface area contributed by atoms with Crippen LogP contribution in [0.5, 0.6) is 0 Å². The molecule has 4 rings (SSSR count). The number of imidazole rings is 1. The highest BCUT2D eigenvalue weighted by Crippen LogP contribution is 2.13. The highest BCUT2D eigenvalue weighted by Gasteiger charge is 2.26. The van der Waals surface area contributed by atoms with Gasteiger partial charge in [-0.1, -0.05) is 42.4 Å². The molecule has 1 fully saturated rings. The van der Waals surface area contributed by atoms with Gasteiger partial charge in [-0.05, 0) is 19.4 Å². The average Bonchev–Trinajstić information content (AvgIpc) is 3.54. The first-order valence-corrected chi connectivity index (χ1v) is 13.0. The van der Waals surface area contributed by atoms with E-state index in [1.165, 1.54) is 0 Å². The Morgan fingerprint density at radius 1 is 1.14 bits per heavy atom. The Hall–Kier alpha value is -3.53. The quantitative estimate of drug-likeness (QED) is 0.393. The molecule has 37 heavy (non-hydrogen) atoms. The summed E-state index contributed by atoms with van der Waals surface area (Å²) in [5.41, 5.74) is 1.11. The van der Waals surface area contributed by atoms with Gasteiger partial charge in [0.15, 0.2) is 5.82 Å². The van der Waals surface area contributed by atoms with E-state index in [9.17, 15) is 9.59 Å². The topological polar surface area (TPSA) is 101 Å². The van der Waals surface area contributed by atoms with Gasteiger partial charge < -0.3 is 18.9 Å². The minimum absolute atomic E-state index is 0.0734. The van der Waals surface area contributed by atoms with Crippen molar-refractivity contribution in [2.75, 3.05) is 32.7 Å². The molecule has 3 aromatic rings. The van der Waals surface area contributed by atoms with Crippen LogP contribution in [0.4, 0.5) is 0 Å². The second-order valence-electron chi connectivity index (χ2n) is 9.63. The molecule has 3 heterocycles. The number of aryl methyl sites for hydroxylation is 2. The maximum atomic E-state index is 12.9. The first kappa shape index (κ1) is 26.5. The standard InChI is InChI=1S/C27H37N7O3/c1-4-32(19-23-8-6-5-7-9-23)26(35)11-10-25-29-24(30-37-25)20-31-14-16-33(17-15-31)27(36)21(2)18-34-13-12-28-22(34)3/h5-9,12-13,21H,4,10-11,14-20H2,1-3H3. The van der Waals surface area contributed by atoms with Crippen molar-refractivity contribution in [3.8, 4) is 0 Å². The predicted octanol–water partition coefficient (Wildman–Crippen LogP) is 2.54. The smallest absolute Gasteiger partial charge is 0.227 e. The maximum absolute atomic E-state index is 12.9. The third kappa shape index (κ3) is 7.25. The lowest BCUT2D eigenvalue weighted by atomic mass is 10.1. The number of nitrogens with zero attached hydrogens (tertiary/aromatic N) is 7. The zero-order valence-corrected chi connectivity index (χ0v) is 22.0. The number of rotatable bonds is 11. The highest BCUT2D eigenvalue weighted by atomic mass is 16.5. The second-order valence-corrected chi connectivity index (χ2v) is 9.63. The van der Waals surface area contributed by atoms with Gasteiger partial charge in [0, 0.05) is 71.0 Å². The molecule has 1 aliphatic rings. The molecule has 1 unspecified atom stereocenters. The van der Waals surface area contributed by atoms with Crippen LogP contribution in [0.15, 0.2) is 47.2 Å². The van der Waals surface area contributed by atoms with E-state index >= 15 is 0 Å². The Morgan fingerprint density at radius 3 is 2.57 bits per heavy atom. The lowest BCUT2D eigenvalue weighted by Crippen LogP contribution is -2.50. The molecule has 1 aromatic carbocycles. The van der Waals surface area contributed by atoms with Crippen LogP contribution in [-0.2, 0) is 35.6 Å². The lowest BCUT2D eigenvalue weighted by molar-refractivity contribution is -0.137. The zero-order chi connectivity index (χ0) is 26.2. The first-order valence-electron chi connectivity index (χ1n) is 13.0. The van der Waals surface area contributed by atoms with Crippen LogP contribution in [0, 0.1) is 12.8 Å². The van der Waals surface area contributed by atoms with Gasteiger partial charge in [0.05, 0.1) is 12.5 Å². The van der Waals surface area contributed by atoms with Crippen molar-refractivity contribution in [2.24, 2.45) is 5.92 Å². The number of hydrogen-bond donors (Lipinski definition) is 0. The third-order valence-electron chi connectivity index (χ3n) is 6.88. The van der Waals surface area contributed by atoms with Crippen LogP contribution < -0.4 is 0 Å². The van der Waals surface area contributed by atoms with Gasteiger partial charge in [-0.15, -0.1) is 0 Å². The van der Waals surface area contributed by atoms with E-state index in [-0.39, 0.29) is 17.7 Å². The van der Waals surface area contributed by atoms with Crippen molar-refractivity contribution < 1.29 is 14.1 Å². The molecule has 0 saturated carbocycles. The van der Waals surface area contributed by atoms with Crippen LogP contribution in [0.25, 0.3) is 0 Å². The van der Waals surface area contributed by atoms with E-state index in [4.69, 9.17) is 4.52 Å². The Morgan fingerprint density at radius 2 is 1.89 bits per heavy atom. The van der Waals surface area contributed by atoms with Crippen molar-refractivity contribution in [3.05, 3.63) is 65.8 Å². The molecular weight excluding hydrogens is 470 g/mol. The number of aromatic nitrogens is 4. The Labute approximate surface area is 218 Å². The van der Waals surface area contributed by atoms with Gasteiger partial charge in [-0.2, -0.15) is 4.98 Å². The van der Waals surface area contributed by atoms with Gasteiger partial charge in [-0.25, -0.2) is 4.98 Å². The second kappa shape index (κ2) is 12.6. The van der Waals surface area contributed by atoms with E-state index in [0.29, 0.717) is 63.8 Å². The van der Waals surface area contributed by atoms with Crippen molar-refractivity contribution in [1.82, 2.24) is 34.4 Å². The van der Waals surface area contributed by atoms with Gasteiger partial charge >= 0.3 is 0 Å². The number of piperazine rings is 1. The molecule has 10 heteroatoms. The summed E-state index contributed by atoms with van der Waals surface area (Å²) in [6.07, 6.45) is 4.43. The van der Waals surface area contributed by atoms with Crippen molar-refractivity contribution in [2.45, 2.75) is 53.2 Å². The largest absolute Gasteiger partial charge is 0.340 e. The third-order valence-corrected chi connectivity index (χ3v) is 6.88. The van der Waals surface area contributed by atoms with Crippen LogP contribution in [0.3, 0.4) is 0 Å². The molecule has 10 nitrogen and oxygen atoms in total. The molecule has 198 valence electrons. The number of amides is 2. The zero-order valence-electron chi connectivity index (χ0n) is 22.0. The average molecular weight is 508 g/mol. The first-order chi connectivity index (χ1) is 17.9. The van der Waals surface area contributed by atoms with Crippen LogP contribution >= 0.6 is 0 Å². The summed E-state index contributed by atoms with van der Waals surface area (Å²) in [5, 5.41) is 4.11. The van der Waals surface area contributed by atoms with Gasteiger partial charge in [-0.3, -0.25) is 14.5 Å². The molecule has 0 N–H and O–H groups in total. The van der Waals surface area contributed by atoms with Crippen molar-refractivity contribution in [3.63, 3.8) is 0 Å². The minimum Gasteiger partial charge on any atom is -0.340 e. The van der Waals surface area contributed by atoms with Gasteiger partial charge in [0.2, 0.25) is 17.7 Å². The van der Waals surface area contributed by atoms with E-state index in [1.54, 1.807) is 6.20 Å². The molecule has 1 aliphatic heterocycles. The fourth-order valence-corrected chi connectivity index (χ4v) is 4.62. The van der Waals surface area contributed by atoms with Crippen LogP contribution in [0.2, 0.25) is 0 Å².